The van der Waals surface area contributed by atoms with Gasteiger partial charge in [-0.3, -0.25) is 9.59 Å². The minimum Gasteiger partial charge on any atom is -0.385 e. The van der Waals surface area contributed by atoms with Crippen molar-refractivity contribution in [2.45, 2.75) is 12.8 Å². The second-order valence-corrected chi connectivity index (χ2v) is 5.39. The molecule has 0 radical (unpaired) electrons. The Balaban J connectivity index is 1.83. The molecule has 0 saturated heterocycles. The normalized spacial score (nSPS) is 10.2. The van der Waals surface area contributed by atoms with Gasteiger partial charge in [-0.05, 0) is 36.2 Å². The van der Waals surface area contributed by atoms with E-state index in [1.54, 1.807) is 31.4 Å². The molecule has 0 fully saturated rings. The largest absolute Gasteiger partial charge is 0.385 e. The van der Waals surface area contributed by atoms with Crippen molar-refractivity contribution in [2.75, 3.05) is 25.6 Å². The quantitative estimate of drug-likeness (QED) is 0.733. The molecular formula is C19H22N2O3. The van der Waals surface area contributed by atoms with Gasteiger partial charge in [0.25, 0.3) is 5.91 Å². The Hall–Kier alpha value is -2.66. The first-order valence-corrected chi connectivity index (χ1v) is 7.90. The van der Waals surface area contributed by atoms with Crippen LogP contribution in [-0.4, -0.2) is 32.1 Å². The van der Waals surface area contributed by atoms with Crippen molar-refractivity contribution in [3.63, 3.8) is 0 Å². The number of benzene rings is 2. The lowest BCUT2D eigenvalue weighted by atomic mass is 10.1. The molecule has 0 aliphatic carbocycles. The summed E-state index contributed by atoms with van der Waals surface area (Å²) in [6, 6.07) is 16.4. The highest BCUT2D eigenvalue weighted by Crippen LogP contribution is 2.10. The number of carbonyl (C=O) groups is 2. The maximum atomic E-state index is 12.0. The summed E-state index contributed by atoms with van der Waals surface area (Å²) in [6.45, 7) is 1.19. The van der Waals surface area contributed by atoms with Gasteiger partial charge in [-0.15, -0.1) is 0 Å². The van der Waals surface area contributed by atoms with Gasteiger partial charge in [0.15, 0.2) is 0 Å². The third-order valence-electron chi connectivity index (χ3n) is 3.45. The average Bonchev–Trinajstić information content (AvgIpc) is 2.60. The van der Waals surface area contributed by atoms with Crippen molar-refractivity contribution in [3.05, 3.63) is 65.7 Å². The van der Waals surface area contributed by atoms with Crippen molar-refractivity contribution in [1.82, 2.24) is 5.32 Å². The second-order valence-electron chi connectivity index (χ2n) is 5.39. The van der Waals surface area contributed by atoms with E-state index in [2.05, 4.69) is 10.6 Å². The summed E-state index contributed by atoms with van der Waals surface area (Å²) in [7, 11) is 1.63. The van der Waals surface area contributed by atoms with Crippen LogP contribution in [0.25, 0.3) is 0 Å². The monoisotopic (exact) mass is 326 g/mol. The summed E-state index contributed by atoms with van der Waals surface area (Å²) in [5.74, 6) is -0.216. The van der Waals surface area contributed by atoms with Gasteiger partial charge in [0.2, 0.25) is 5.91 Å². The van der Waals surface area contributed by atoms with E-state index in [-0.39, 0.29) is 11.8 Å². The molecule has 2 N–H and O–H groups in total. The zero-order chi connectivity index (χ0) is 17.2. The topological polar surface area (TPSA) is 67.4 Å². The average molecular weight is 326 g/mol. The molecule has 5 nitrogen and oxygen atoms in total. The number of amides is 2. The maximum absolute atomic E-state index is 12.0. The number of hydrogen-bond acceptors (Lipinski definition) is 3. The van der Waals surface area contributed by atoms with Crippen LogP contribution in [0.1, 0.15) is 22.3 Å². The third-order valence-corrected chi connectivity index (χ3v) is 3.45. The Labute approximate surface area is 142 Å². The van der Waals surface area contributed by atoms with Crippen LogP contribution < -0.4 is 10.6 Å². The first-order valence-electron chi connectivity index (χ1n) is 7.90. The van der Waals surface area contributed by atoms with Crippen LogP contribution in [0, 0.1) is 0 Å². The smallest absolute Gasteiger partial charge is 0.251 e. The van der Waals surface area contributed by atoms with E-state index in [0.717, 1.165) is 12.0 Å². The Morgan fingerprint density at radius 2 is 1.71 bits per heavy atom. The van der Waals surface area contributed by atoms with E-state index in [0.29, 0.717) is 30.8 Å². The van der Waals surface area contributed by atoms with Crippen LogP contribution in [0.2, 0.25) is 0 Å². The number of nitrogens with one attached hydrogen (secondary N) is 2. The van der Waals surface area contributed by atoms with Crippen LogP contribution in [-0.2, 0) is 16.0 Å². The standard InChI is InChI=1S/C19H22N2O3/c1-24-13-5-12-20-19(23)16-8-10-17(11-9-16)21-18(22)14-15-6-3-2-4-7-15/h2-4,6-11H,5,12-14H2,1H3,(H,20,23)(H,21,22). The summed E-state index contributed by atoms with van der Waals surface area (Å²) in [6.07, 6.45) is 1.10. The second kappa shape index (κ2) is 9.47. The molecule has 0 aliphatic heterocycles. The summed E-state index contributed by atoms with van der Waals surface area (Å²) in [4.78, 5) is 23.9. The summed E-state index contributed by atoms with van der Waals surface area (Å²) in [5, 5.41) is 5.65. The zero-order valence-electron chi connectivity index (χ0n) is 13.7. The molecule has 0 spiro atoms. The van der Waals surface area contributed by atoms with E-state index in [1.165, 1.54) is 0 Å². The van der Waals surface area contributed by atoms with Crippen molar-refractivity contribution < 1.29 is 14.3 Å². The Bertz CT molecular complexity index is 654. The Kier molecular flexibility index (Phi) is 6.98. The van der Waals surface area contributed by atoms with Gasteiger partial charge >= 0.3 is 0 Å². The van der Waals surface area contributed by atoms with Gasteiger partial charge < -0.3 is 15.4 Å². The molecule has 0 atom stereocenters. The SMILES string of the molecule is COCCCNC(=O)c1ccc(NC(=O)Cc2ccccc2)cc1. The van der Waals surface area contributed by atoms with E-state index < -0.39 is 0 Å². The fraction of sp³-hybridized carbons (Fsp3) is 0.263. The first kappa shape index (κ1) is 17.7. The van der Waals surface area contributed by atoms with Crippen LogP contribution in [0.4, 0.5) is 5.69 Å². The zero-order valence-corrected chi connectivity index (χ0v) is 13.7. The molecule has 2 rings (SSSR count). The van der Waals surface area contributed by atoms with Crippen LogP contribution >= 0.6 is 0 Å². The highest BCUT2D eigenvalue weighted by molar-refractivity contribution is 5.96. The number of rotatable bonds is 8. The predicted octanol–water partition coefficient (Wildman–Crippen LogP) is 2.63. The van der Waals surface area contributed by atoms with Crippen LogP contribution in [0.3, 0.4) is 0 Å². The molecule has 5 heteroatoms. The number of carbonyl (C=O) groups excluding carboxylic acids is 2. The lowest BCUT2D eigenvalue weighted by molar-refractivity contribution is -0.115. The molecule has 126 valence electrons. The molecule has 0 aromatic heterocycles. The molecular weight excluding hydrogens is 304 g/mol. The molecule has 0 unspecified atom stereocenters. The minimum atomic E-state index is -0.131. The van der Waals surface area contributed by atoms with Gasteiger partial charge in [0.05, 0.1) is 6.42 Å². The van der Waals surface area contributed by atoms with E-state index in [1.807, 2.05) is 30.3 Å². The molecule has 2 aromatic rings. The number of hydrogen-bond donors (Lipinski definition) is 2. The summed E-state index contributed by atoms with van der Waals surface area (Å²) in [5.41, 5.74) is 2.20. The van der Waals surface area contributed by atoms with E-state index >= 15 is 0 Å². The van der Waals surface area contributed by atoms with Crippen molar-refractivity contribution >= 4 is 17.5 Å². The van der Waals surface area contributed by atoms with Gasteiger partial charge in [-0.2, -0.15) is 0 Å². The maximum Gasteiger partial charge on any atom is 0.251 e. The summed E-state index contributed by atoms with van der Waals surface area (Å²) < 4.78 is 4.93. The number of ether oxygens (including phenoxy) is 1. The van der Waals surface area contributed by atoms with Crippen LogP contribution in [0.5, 0.6) is 0 Å². The highest BCUT2D eigenvalue weighted by Gasteiger charge is 2.07. The molecule has 24 heavy (non-hydrogen) atoms. The van der Waals surface area contributed by atoms with Crippen molar-refractivity contribution in [2.24, 2.45) is 0 Å². The molecule has 0 saturated carbocycles. The Morgan fingerprint density at radius 1 is 1.00 bits per heavy atom. The fourth-order valence-corrected chi connectivity index (χ4v) is 2.21. The molecule has 2 aromatic carbocycles. The van der Waals surface area contributed by atoms with Gasteiger partial charge in [0.1, 0.15) is 0 Å². The third kappa shape index (κ3) is 5.85. The Morgan fingerprint density at radius 3 is 2.38 bits per heavy atom. The number of methoxy groups -OCH3 is 1. The van der Waals surface area contributed by atoms with Gasteiger partial charge in [-0.25, -0.2) is 0 Å². The molecule has 0 aliphatic rings. The number of anilines is 1. The first-order chi connectivity index (χ1) is 11.7. The molecule has 0 bridgehead atoms. The van der Waals surface area contributed by atoms with E-state index in [4.69, 9.17) is 4.74 Å². The van der Waals surface area contributed by atoms with Gasteiger partial charge in [-0.1, -0.05) is 30.3 Å². The lowest BCUT2D eigenvalue weighted by Gasteiger charge is -2.08. The lowest BCUT2D eigenvalue weighted by Crippen LogP contribution is -2.25. The van der Waals surface area contributed by atoms with Gasteiger partial charge in [0, 0.05) is 31.5 Å². The molecule has 2 amide bonds. The van der Waals surface area contributed by atoms with E-state index in [9.17, 15) is 9.59 Å². The minimum absolute atomic E-state index is 0.0852. The van der Waals surface area contributed by atoms with Crippen molar-refractivity contribution in [3.8, 4) is 0 Å². The van der Waals surface area contributed by atoms with Crippen LogP contribution in [0.15, 0.2) is 54.6 Å². The highest BCUT2D eigenvalue weighted by atomic mass is 16.5. The summed E-state index contributed by atoms with van der Waals surface area (Å²) >= 11 is 0. The predicted molar refractivity (Wildman–Crippen MR) is 94.0 cm³/mol. The van der Waals surface area contributed by atoms with Crippen molar-refractivity contribution in [1.29, 1.82) is 0 Å². The fourth-order valence-electron chi connectivity index (χ4n) is 2.21. The molecule has 0 heterocycles.